The first-order valence-electron chi connectivity index (χ1n) is 4.68. The third-order valence-electron chi connectivity index (χ3n) is 1.45. The first-order chi connectivity index (χ1) is 5.31. The highest BCUT2D eigenvalue weighted by Gasteiger charge is 2.12. The Labute approximate surface area is 76.8 Å². The SMILES string of the molecule is C=C(CCC(C)C)OC(C)(C)C. The van der Waals surface area contributed by atoms with Crippen LogP contribution in [0.15, 0.2) is 12.3 Å². The van der Waals surface area contributed by atoms with Crippen molar-refractivity contribution in [3.05, 3.63) is 12.3 Å². The van der Waals surface area contributed by atoms with Crippen LogP contribution >= 0.6 is 0 Å². The maximum absolute atomic E-state index is 5.59. The number of hydrogen-bond acceptors (Lipinski definition) is 1. The number of hydrogen-bond donors (Lipinski definition) is 0. The topological polar surface area (TPSA) is 9.23 Å². The zero-order chi connectivity index (χ0) is 9.78. The molecule has 1 heteroatoms. The molecular formula is C11H22O. The zero-order valence-electron chi connectivity index (χ0n) is 9.11. The molecule has 0 heterocycles. The Bertz CT molecular complexity index is 140. The van der Waals surface area contributed by atoms with Crippen LogP contribution in [-0.4, -0.2) is 5.60 Å². The molecular weight excluding hydrogens is 148 g/mol. The molecule has 0 spiro atoms. The van der Waals surface area contributed by atoms with Gasteiger partial charge in [0.15, 0.2) is 0 Å². The molecule has 0 aliphatic rings. The highest BCUT2D eigenvalue weighted by atomic mass is 16.5. The molecule has 72 valence electrons. The summed E-state index contributed by atoms with van der Waals surface area (Å²) in [5, 5.41) is 0. The summed E-state index contributed by atoms with van der Waals surface area (Å²) in [4.78, 5) is 0. The Morgan fingerprint density at radius 2 is 1.83 bits per heavy atom. The van der Waals surface area contributed by atoms with E-state index in [-0.39, 0.29) is 5.60 Å². The summed E-state index contributed by atoms with van der Waals surface area (Å²) in [6.07, 6.45) is 2.14. The highest BCUT2D eigenvalue weighted by Crippen LogP contribution is 2.17. The van der Waals surface area contributed by atoms with Crippen LogP contribution in [0.3, 0.4) is 0 Å². The van der Waals surface area contributed by atoms with Crippen LogP contribution < -0.4 is 0 Å². The van der Waals surface area contributed by atoms with E-state index in [1.807, 2.05) is 20.8 Å². The van der Waals surface area contributed by atoms with E-state index in [0.717, 1.165) is 24.5 Å². The van der Waals surface area contributed by atoms with Gasteiger partial charge in [-0.05, 0) is 33.1 Å². The van der Waals surface area contributed by atoms with Gasteiger partial charge in [-0.3, -0.25) is 0 Å². The summed E-state index contributed by atoms with van der Waals surface area (Å²) in [7, 11) is 0. The van der Waals surface area contributed by atoms with Crippen LogP contribution in [0.2, 0.25) is 0 Å². The number of ether oxygens (including phenoxy) is 1. The highest BCUT2D eigenvalue weighted by molar-refractivity contribution is 4.85. The summed E-state index contributed by atoms with van der Waals surface area (Å²) in [5.41, 5.74) is -0.0892. The molecule has 0 fully saturated rings. The van der Waals surface area contributed by atoms with Gasteiger partial charge in [0, 0.05) is 6.42 Å². The normalized spacial score (nSPS) is 11.8. The standard InChI is InChI=1S/C11H22O/c1-9(2)7-8-10(3)12-11(4,5)6/h9H,3,7-8H2,1-2,4-6H3. The average molecular weight is 170 g/mol. The molecule has 1 nitrogen and oxygen atoms in total. The van der Waals surface area contributed by atoms with Crippen molar-refractivity contribution in [2.45, 2.75) is 53.1 Å². The first-order valence-corrected chi connectivity index (χ1v) is 4.68. The molecule has 0 aliphatic heterocycles. The van der Waals surface area contributed by atoms with Gasteiger partial charge >= 0.3 is 0 Å². The maximum atomic E-state index is 5.59. The zero-order valence-corrected chi connectivity index (χ0v) is 9.11. The second-order valence-corrected chi connectivity index (χ2v) is 4.69. The molecule has 0 saturated carbocycles. The lowest BCUT2D eigenvalue weighted by atomic mass is 10.1. The number of allylic oxidation sites excluding steroid dienone is 1. The third-order valence-corrected chi connectivity index (χ3v) is 1.45. The van der Waals surface area contributed by atoms with Crippen molar-refractivity contribution < 1.29 is 4.74 Å². The molecule has 0 unspecified atom stereocenters. The van der Waals surface area contributed by atoms with Crippen molar-refractivity contribution >= 4 is 0 Å². The smallest absolute Gasteiger partial charge is 0.100 e. The second kappa shape index (κ2) is 4.54. The molecule has 0 saturated heterocycles. The summed E-state index contributed by atoms with van der Waals surface area (Å²) in [5.74, 6) is 1.64. The lowest BCUT2D eigenvalue weighted by molar-refractivity contribution is 0.0466. The van der Waals surface area contributed by atoms with Crippen LogP contribution in [0.1, 0.15) is 47.5 Å². The average Bonchev–Trinajstić information content (AvgIpc) is 1.79. The van der Waals surface area contributed by atoms with Crippen LogP contribution in [0.25, 0.3) is 0 Å². The summed E-state index contributed by atoms with van der Waals surface area (Å²) >= 11 is 0. The molecule has 0 aromatic carbocycles. The van der Waals surface area contributed by atoms with Gasteiger partial charge in [-0.1, -0.05) is 20.4 Å². The molecule has 0 radical (unpaired) electrons. The van der Waals surface area contributed by atoms with E-state index in [1.54, 1.807) is 0 Å². The molecule has 0 rings (SSSR count). The minimum absolute atomic E-state index is 0.0892. The van der Waals surface area contributed by atoms with Crippen molar-refractivity contribution in [2.24, 2.45) is 5.92 Å². The molecule has 0 aromatic rings. The van der Waals surface area contributed by atoms with Crippen molar-refractivity contribution in [1.29, 1.82) is 0 Å². The largest absolute Gasteiger partial charge is 0.493 e. The molecule has 0 aliphatic carbocycles. The minimum atomic E-state index is -0.0892. The van der Waals surface area contributed by atoms with Crippen LogP contribution in [-0.2, 0) is 4.74 Å². The summed E-state index contributed by atoms with van der Waals surface area (Å²) in [6, 6.07) is 0. The monoisotopic (exact) mass is 170 g/mol. The Kier molecular flexibility index (Phi) is 4.36. The Balaban J connectivity index is 3.61. The molecule has 0 atom stereocenters. The van der Waals surface area contributed by atoms with Gasteiger partial charge in [0.1, 0.15) is 5.60 Å². The lowest BCUT2D eigenvalue weighted by Gasteiger charge is -2.23. The second-order valence-electron chi connectivity index (χ2n) is 4.69. The van der Waals surface area contributed by atoms with Crippen molar-refractivity contribution in [3.63, 3.8) is 0 Å². The van der Waals surface area contributed by atoms with E-state index in [2.05, 4.69) is 20.4 Å². The van der Waals surface area contributed by atoms with Gasteiger partial charge < -0.3 is 4.74 Å². The quantitative estimate of drug-likeness (QED) is 0.584. The predicted octanol–water partition coefficient (Wildman–Crippen LogP) is 3.75. The maximum Gasteiger partial charge on any atom is 0.100 e. The van der Waals surface area contributed by atoms with Crippen LogP contribution in [0.5, 0.6) is 0 Å². The van der Waals surface area contributed by atoms with Crippen molar-refractivity contribution in [3.8, 4) is 0 Å². The van der Waals surface area contributed by atoms with Crippen LogP contribution in [0.4, 0.5) is 0 Å². The van der Waals surface area contributed by atoms with Crippen molar-refractivity contribution in [2.75, 3.05) is 0 Å². The Morgan fingerprint density at radius 1 is 1.33 bits per heavy atom. The van der Waals surface area contributed by atoms with Gasteiger partial charge in [0.2, 0.25) is 0 Å². The molecule has 0 N–H and O–H groups in total. The minimum Gasteiger partial charge on any atom is -0.493 e. The number of rotatable bonds is 4. The molecule has 0 bridgehead atoms. The molecule has 12 heavy (non-hydrogen) atoms. The molecule has 0 amide bonds. The lowest BCUT2D eigenvalue weighted by Crippen LogP contribution is -2.18. The van der Waals surface area contributed by atoms with Gasteiger partial charge in [-0.15, -0.1) is 0 Å². The fraction of sp³-hybridized carbons (Fsp3) is 0.818. The Hall–Kier alpha value is -0.460. The summed E-state index contributed by atoms with van der Waals surface area (Å²) < 4.78 is 5.59. The van der Waals surface area contributed by atoms with E-state index in [0.29, 0.717) is 0 Å². The van der Waals surface area contributed by atoms with Gasteiger partial charge in [0.25, 0.3) is 0 Å². The van der Waals surface area contributed by atoms with E-state index in [4.69, 9.17) is 4.74 Å². The Morgan fingerprint density at radius 3 is 2.17 bits per heavy atom. The van der Waals surface area contributed by atoms with Gasteiger partial charge in [-0.25, -0.2) is 0 Å². The van der Waals surface area contributed by atoms with Crippen LogP contribution in [0, 0.1) is 5.92 Å². The third kappa shape index (κ3) is 7.64. The van der Waals surface area contributed by atoms with E-state index >= 15 is 0 Å². The molecule has 0 aromatic heterocycles. The fourth-order valence-corrected chi connectivity index (χ4v) is 0.934. The van der Waals surface area contributed by atoms with E-state index in [9.17, 15) is 0 Å². The predicted molar refractivity (Wildman–Crippen MR) is 54.1 cm³/mol. The van der Waals surface area contributed by atoms with E-state index in [1.165, 1.54) is 0 Å². The van der Waals surface area contributed by atoms with Crippen molar-refractivity contribution in [1.82, 2.24) is 0 Å². The van der Waals surface area contributed by atoms with Gasteiger partial charge in [0.05, 0.1) is 5.76 Å². The summed E-state index contributed by atoms with van der Waals surface area (Å²) in [6.45, 7) is 14.5. The fourth-order valence-electron chi connectivity index (χ4n) is 0.934. The van der Waals surface area contributed by atoms with E-state index < -0.39 is 0 Å². The first kappa shape index (κ1) is 11.5. The van der Waals surface area contributed by atoms with Gasteiger partial charge in [-0.2, -0.15) is 0 Å².